The molecule has 1 saturated carbocycles. The fraction of sp³-hybridized carbons (Fsp3) is 0.500. The minimum atomic E-state index is -0.207. The van der Waals surface area contributed by atoms with Crippen LogP contribution in [0.4, 0.5) is 0 Å². The van der Waals surface area contributed by atoms with Crippen molar-refractivity contribution < 1.29 is 9.59 Å². The molecular formula is C18H24N4O2. The van der Waals surface area contributed by atoms with Crippen molar-refractivity contribution in [3.63, 3.8) is 0 Å². The molecule has 2 aromatic rings. The number of fused-ring (bicyclic) bond motifs is 1. The molecule has 6 heteroatoms. The minimum absolute atomic E-state index is 0.136. The first-order valence-electron chi connectivity index (χ1n) is 8.72. The second-order valence-corrected chi connectivity index (χ2v) is 6.17. The predicted molar refractivity (Wildman–Crippen MR) is 92.2 cm³/mol. The van der Waals surface area contributed by atoms with E-state index in [1.54, 1.807) is 15.5 Å². The molecule has 0 aromatic carbocycles. The highest BCUT2D eigenvalue weighted by atomic mass is 16.2. The van der Waals surface area contributed by atoms with Gasteiger partial charge in [0.2, 0.25) is 5.82 Å². The molecule has 1 aliphatic rings. The van der Waals surface area contributed by atoms with E-state index in [0.29, 0.717) is 24.3 Å². The zero-order chi connectivity index (χ0) is 17.1. The van der Waals surface area contributed by atoms with Crippen LogP contribution in [-0.2, 0) is 0 Å². The number of rotatable bonds is 5. The summed E-state index contributed by atoms with van der Waals surface area (Å²) in [6.45, 7) is 5.11. The van der Waals surface area contributed by atoms with E-state index in [1.165, 1.54) is 0 Å². The molecule has 2 aromatic heterocycles. The van der Waals surface area contributed by atoms with Gasteiger partial charge in [-0.05, 0) is 38.8 Å². The van der Waals surface area contributed by atoms with Gasteiger partial charge in [0.15, 0.2) is 5.69 Å². The molecule has 2 amide bonds. The normalized spacial score (nSPS) is 14.9. The number of amides is 2. The second kappa shape index (κ2) is 7.03. The van der Waals surface area contributed by atoms with E-state index in [1.807, 2.05) is 32.0 Å². The first-order valence-corrected chi connectivity index (χ1v) is 8.72. The van der Waals surface area contributed by atoms with E-state index in [-0.39, 0.29) is 23.7 Å². The van der Waals surface area contributed by atoms with Crippen LogP contribution in [-0.4, -0.2) is 45.2 Å². The minimum Gasteiger partial charge on any atom is -0.347 e. The maximum atomic E-state index is 12.7. The first kappa shape index (κ1) is 16.5. The topological polar surface area (TPSA) is 66.7 Å². The highest BCUT2D eigenvalue weighted by Crippen LogP contribution is 2.19. The lowest BCUT2D eigenvalue weighted by Gasteiger charge is -2.17. The van der Waals surface area contributed by atoms with E-state index >= 15 is 0 Å². The molecule has 1 N–H and O–H groups in total. The fourth-order valence-electron chi connectivity index (χ4n) is 3.34. The molecule has 128 valence electrons. The molecule has 3 rings (SSSR count). The first-order chi connectivity index (χ1) is 11.7. The molecule has 1 aliphatic carbocycles. The van der Waals surface area contributed by atoms with Crippen molar-refractivity contribution in [1.29, 1.82) is 0 Å². The predicted octanol–water partition coefficient (Wildman–Crippen LogP) is 2.49. The van der Waals surface area contributed by atoms with E-state index in [9.17, 15) is 9.59 Å². The van der Waals surface area contributed by atoms with Gasteiger partial charge in [-0.2, -0.15) is 0 Å². The lowest BCUT2D eigenvalue weighted by Crippen LogP contribution is -2.34. The van der Waals surface area contributed by atoms with Gasteiger partial charge in [-0.3, -0.25) is 14.0 Å². The molecule has 0 unspecified atom stereocenters. The highest BCUT2D eigenvalue weighted by molar-refractivity contribution is 6.02. The average molecular weight is 328 g/mol. The van der Waals surface area contributed by atoms with Crippen LogP contribution in [0.2, 0.25) is 0 Å². The van der Waals surface area contributed by atoms with Gasteiger partial charge < -0.3 is 10.2 Å². The van der Waals surface area contributed by atoms with E-state index in [0.717, 1.165) is 25.7 Å². The number of imidazole rings is 1. The lowest BCUT2D eigenvalue weighted by atomic mass is 10.2. The van der Waals surface area contributed by atoms with Crippen LogP contribution < -0.4 is 5.32 Å². The number of nitrogens with one attached hydrogen (secondary N) is 1. The van der Waals surface area contributed by atoms with Gasteiger partial charge in [0.05, 0.1) is 5.52 Å². The number of hydrogen-bond acceptors (Lipinski definition) is 3. The molecule has 0 spiro atoms. The summed E-state index contributed by atoms with van der Waals surface area (Å²) in [5, 5.41) is 3.05. The molecular weight excluding hydrogens is 304 g/mol. The molecule has 1 fully saturated rings. The molecule has 0 atom stereocenters. The average Bonchev–Trinajstić information content (AvgIpc) is 3.23. The standard InChI is InChI=1S/C18H24N4O2/c1-3-21(4-2)18(24)15-14-11-7-8-12-22(14)16(20-15)17(23)19-13-9-5-6-10-13/h7-8,11-13H,3-6,9-10H2,1-2H3,(H,19,23). The molecule has 24 heavy (non-hydrogen) atoms. The van der Waals surface area contributed by atoms with E-state index < -0.39 is 0 Å². The van der Waals surface area contributed by atoms with Crippen LogP contribution >= 0.6 is 0 Å². The van der Waals surface area contributed by atoms with Gasteiger partial charge in [-0.1, -0.05) is 18.9 Å². The number of carbonyl (C=O) groups excluding carboxylic acids is 2. The van der Waals surface area contributed by atoms with Gasteiger partial charge in [-0.15, -0.1) is 0 Å². The van der Waals surface area contributed by atoms with Crippen molar-refractivity contribution in [2.75, 3.05) is 13.1 Å². The van der Waals surface area contributed by atoms with Crippen molar-refractivity contribution in [2.24, 2.45) is 0 Å². The summed E-state index contributed by atoms with van der Waals surface area (Å²) in [4.78, 5) is 31.5. The third-order valence-electron chi connectivity index (χ3n) is 4.70. The SMILES string of the molecule is CCN(CC)C(=O)c1nc(C(=O)NC2CCCC2)n2ccccc12. The van der Waals surface area contributed by atoms with Gasteiger partial charge in [0, 0.05) is 25.3 Å². The summed E-state index contributed by atoms with van der Waals surface area (Å²) in [5.74, 6) is -0.0571. The van der Waals surface area contributed by atoms with Gasteiger partial charge >= 0.3 is 0 Å². The molecule has 0 aliphatic heterocycles. The van der Waals surface area contributed by atoms with Crippen LogP contribution in [0.1, 0.15) is 60.6 Å². The molecule has 6 nitrogen and oxygen atoms in total. The summed E-state index contributed by atoms with van der Waals surface area (Å²) < 4.78 is 1.71. The van der Waals surface area contributed by atoms with Gasteiger partial charge in [0.25, 0.3) is 11.8 Å². The Kier molecular flexibility index (Phi) is 4.83. The van der Waals surface area contributed by atoms with Gasteiger partial charge in [-0.25, -0.2) is 4.98 Å². The summed E-state index contributed by atoms with van der Waals surface area (Å²) in [5.41, 5.74) is 1.02. The zero-order valence-corrected chi connectivity index (χ0v) is 14.3. The number of carbonyl (C=O) groups is 2. The molecule has 0 saturated heterocycles. The van der Waals surface area contributed by atoms with Crippen molar-refractivity contribution in [1.82, 2.24) is 19.6 Å². The maximum absolute atomic E-state index is 12.7. The number of nitrogens with zero attached hydrogens (tertiary/aromatic N) is 3. The van der Waals surface area contributed by atoms with Crippen molar-refractivity contribution >= 4 is 17.3 Å². The Bertz CT molecular complexity index is 743. The van der Waals surface area contributed by atoms with E-state index in [2.05, 4.69) is 10.3 Å². The molecule has 0 radical (unpaired) electrons. The monoisotopic (exact) mass is 328 g/mol. The third-order valence-corrected chi connectivity index (χ3v) is 4.70. The van der Waals surface area contributed by atoms with Gasteiger partial charge in [0.1, 0.15) is 0 Å². The Hall–Kier alpha value is -2.37. The lowest BCUT2D eigenvalue weighted by molar-refractivity contribution is 0.0769. The number of pyridine rings is 1. The largest absolute Gasteiger partial charge is 0.347 e. The molecule has 0 bridgehead atoms. The number of hydrogen-bond donors (Lipinski definition) is 1. The Morgan fingerprint density at radius 1 is 1.25 bits per heavy atom. The third kappa shape index (κ3) is 3.00. The van der Waals surface area contributed by atoms with Crippen LogP contribution in [0.3, 0.4) is 0 Å². The Morgan fingerprint density at radius 2 is 1.96 bits per heavy atom. The van der Waals surface area contributed by atoms with Crippen LogP contribution in [0.5, 0.6) is 0 Å². The van der Waals surface area contributed by atoms with Crippen LogP contribution in [0.15, 0.2) is 24.4 Å². The Morgan fingerprint density at radius 3 is 2.62 bits per heavy atom. The summed E-state index contributed by atoms with van der Waals surface area (Å²) in [7, 11) is 0. The quantitative estimate of drug-likeness (QED) is 0.917. The fourth-order valence-corrected chi connectivity index (χ4v) is 3.34. The van der Waals surface area contributed by atoms with Crippen molar-refractivity contribution in [2.45, 2.75) is 45.6 Å². The smallest absolute Gasteiger partial charge is 0.287 e. The second-order valence-electron chi connectivity index (χ2n) is 6.17. The summed E-state index contributed by atoms with van der Waals surface area (Å²) in [6, 6.07) is 5.74. The van der Waals surface area contributed by atoms with Crippen molar-refractivity contribution in [3.05, 3.63) is 35.9 Å². The summed E-state index contributed by atoms with van der Waals surface area (Å²) >= 11 is 0. The Labute approximate surface area is 141 Å². The van der Waals surface area contributed by atoms with E-state index in [4.69, 9.17) is 0 Å². The molecule has 2 heterocycles. The highest BCUT2D eigenvalue weighted by Gasteiger charge is 2.25. The van der Waals surface area contributed by atoms with Crippen molar-refractivity contribution in [3.8, 4) is 0 Å². The Balaban J connectivity index is 1.96. The van der Waals surface area contributed by atoms with Crippen LogP contribution in [0.25, 0.3) is 5.52 Å². The summed E-state index contributed by atoms with van der Waals surface area (Å²) in [6.07, 6.45) is 6.11. The zero-order valence-electron chi connectivity index (χ0n) is 14.3. The maximum Gasteiger partial charge on any atom is 0.287 e. The van der Waals surface area contributed by atoms with Crippen LogP contribution in [0, 0.1) is 0 Å². The number of aromatic nitrogens is 2.